The minimum absolute atomic E-state index is 0.0558. The van der Waals surface area contributed by atoms with Crippen LogP contribution in [0.15, 0.2) is 77.6 Å². The number of carbonyl (C=O) groups is 1. The van der Waals surface area contributed by atoms with Crippen molar-refractivity contribution in [2.75, 3.05) is 4.90 Å². The van der Waals surface area contributed by atoms with Gasteiger partial charge in [0.2, 0.25) is 0 Å². The summed E-state index contributed by atoms with van der Waals surface area (Å²) in [6.45, 7) is 3.89. The molecule has 32 heavy (non-hydrogen) atoms. The molecule has 0 saturated heterocycles. The Morgan fingerprint density at radius 1 is 1.00 bits per heavy atom. The topological polar surface area (TPSA) is 96.3 Å². The Bertz CT molecular complexity index is 1390. The summed E-state index contributed by atoms with van der Waals surface area (Å²) in [5.41, 5.74) is 3.64. The van der Waals surface area contributed by atoms with Gasteiger partial charge in [-0.3, -0.25) is 19.7 Å². The van der Waals surface area contributed by atoms with Gasteiger partial charge in [0.15, 0.2) is 0 Å². The lowest BCUT2D eigenvalue weighted by Crippen LogP contribution is -2.33. The van der Waals surface area contributed by atoms with Crippen molar-refractivity contribution < 1.29 is 9.72 Å². The molecule has 7 heteroatoms. The molecule has 3 aromatic carbocycles. The fourth-order valence-corrected chi connectivity index (χ4v) is 3.64. The zero-order valence-corrected chi connectivity index (χ0v) is 17.7. The van der Waals surface area contributed by atoms with Gasteiger partial charge < -0.3 is 9.88 Å². The Hall–Kier alpha value is -4.26. The van der Waals surface area contributed by atoms with Crippen LogP contribution >= 0.6 is 0 Å². The van der Waals surface area contributed by atoms with E-state index in [2.05, 4.69) is 4.98 Å². The number of rotatable bonds is 5. The molecule has 0 atom stereocenters. The number of nitrogens with zero attached hydrogens (tertiary/aromatic N) is 2. The van der Waals surface area contributed by atoms with Crippen LogP contribution in [0.4, 0.5) is 11.4 Å². The normalized spacial score (nSPS) is 10.8. The van der Waals surface area contributed by atoms with Crippen LogP contribution in [0.3, 0.4) is 0 Å². The quantitative estimate of drug-likeness (QED) is 0.362. The summed E-state index contributed by atoms with van der Waals surface area (Å²) in [5, 5.41) is 11.8. The first-order valence-corrected chi connectivity index (χ1v) is 10.1. The van der Waals surface area contributed by atoms with Crippen LogP contribution in [0.1, 0.15) is 27.0 Å². The molecule has 0 fully saturated rings. The van der Waals surface area contributed by atoms with E-state index in [4.69, 9.17) is 0 Å². The van der Waals surface area contributed by atoms with Gasteiger partial charge in [-0.1, -0.05) is 30.3 Å². The molecule has 1 heterocycles. The van der Waals surface area contributed by atoms with Crippen molar-refractivity contribution in [3.63, 3.8) is 0 Å². The first-order chi connectivity index (χ1) is 15.3. The number of aromatic nitrogens is 1. The predicted octanol–water partition coefficient (Wildman–Crippen LogP) is 4.90. The van der Waals surface area contributed by atoms with Crippen LogP contribution < -0.4 is 10.5 Å². The number of hydrogen-bond donors (Lipinski definition) is 1. The van der Waals surface area contributed by atoms with Gasteiger partial charge in [0.05, 0.1) is 11.5 Å². The number of benzene rings is 3. The molecule has 7 nitrogen and oxygen atoms in total. The summed E-state index contributed by atoms with van der Waals surface area (Å²) in [6.07, 6.45) is 0. The Balaban J connectivity index is 1.80. The third-order valence-corrected chi connectivity index (χ3v) is 5.38. The second-order valence-corrected chi connectivity index (χ2v) is 7.70. The number of anilines is 1. The van der Waals surface area contributed by atoms with Crippen LogP contribution in [0.5, 0.6) is 0 Å². The second-order valence-electron chi connectivity index (χ2n) is 7.70. The number of hydrogen-bond acceptors (Lipinski definition) is 4. The van der Waals surface area contributed by atoms with Gasteiger partial charge in [0.25, 0.3) is 17.2 Å². The van der Waals surface area contributed by atoms with Gasteiger partial charge >= 0.3 is 0 Å². The molecule has 0 spiro atoms. The summed E-state index contributed by atoms with van der Waals surface area (Å²) in [6, 6.07) is 20.5. The van der Waals surface area contributed by atoms with Gasteiger partial charge in [-0.15, -0.1) is 0 Å². The second kappa shape index (κ2) is 8.47. The van der Waals surface area contributed by atoms with Crippen LogP contribution in [-0.2, 0) is 6.54 Å². The average Bonchev–Trinajstić information content (AvgIpc) is 2.79. The fourth-order valence-electron chi connectivity index (χ4n) is 3.64. The third kappa shape index (κ3) is 4.13. The van der Waals surface area contributed by atoms with Crippen molar-refractivity contribution in [3.05, 3.63) is 116 Å². The highest BCUT2D eigenvalue weighted by Gasteiger charge is 2.22. The Morgan fingerprint density at radius 2 is 1.72 bits per heavy atom. The van der Waals surface area contributed by atoms with E-state index in [1.54, 1.807) is 11.0 Å². The fraction of sp³-hybridized carbons (Fsp3) is 0.120. The number of fused-ring (bicyclic) bond motifs is 1. The van der Waals surface area contributed by atoms with E-state index in [1.165, 1.54) is 24.3 Å². The van der Waals surface area contributed by atoms with Crippen molar-refractivity contribution in [1.82, 2.24) is 4.98 Å². The molecule has 1 amide bonds. The molecule has 0 saturated carbocycles. The molecule has 0 bridgehead atoms. The van der Waals surface area contributed by atoms with Crippen molar-refractivity contribution in [3.8, 4) is 0 Å². The number of aryl methyl sites for hydroxylation is 2. The van der Waals surface area contributed by atoms with Crippen molar-refractivity contribution in [2.24, 2.45) is 0 Å². The van der Waals surface area contributed by atoms with Crippen LogP contribution in [0.25, 0.3) is 10.9 Å². The van der Waals surface area contributed by atoms with Gasteiger partial charge in [0.1, 0.15) is 0 Å². The van der Waals surface area contributed by atoms with Crippen molar-refractivity contribution in [2.45, 2.75) is 20.4 Å². The van der Waals surface area contributed by atoms with E-state index >= 15 is 0 Å². The molecule has 1 N–H and O–H groups in total. The molecule has 0 aliphatic carbocycles. The average molecular weight is 427 g/mol. The van der Waals surface area contributed by atoms with E-state index in [9.17, 15) is 19.7 Å². The van der Waals surface area contributed by atoms with E-state index in [0.29, 0.717) is 16.8 Å². The standard InChI is InChI=1S/C25H21N3O4/c1-16-7-8-17(2)23(13-16)27(25(30)18-9-11-21(12-10-18)28(31)32)15-20-14-19-5-3-4-6-22(19)26-24(20)29/h3-14H,15H2,1-2H3,(H,26,29). The largest absolute Gasteiger partial charge is 0.322 e. The summed E-state index contributed by atoms with van der Waals surface area (Å²) in [7, 11) is 0. The first-order valence-electron chi connectivity index (χ1n) is 10.1. The maximum atomic E-state index is 13.5. The zero-order chi connectivity index (χ0) is 22.8. The molecular weight excluding hydrogens is 406 g/mol. The smallest absolute Gasteiger partial charge is 0.269 e. The van der Waals surface area contributed by atoms with Crippen LogP contribution in [-0.4, -0.2) is 15.8 Å². The number of amides is 1. The summed E-state index contributed by atoms with van der Waals surface area (Å²) < 4.78 is 0. The number of para-hydroxylation sites is 1. The van der Waals surface area contributed by atoms with Crippen molar-refractivity contribution in [1.29, 1.82) is 0 Å². The highest BCUT2D eigenvalue weighted by atomic mass is 16.6. The molecule has 0 radical (unpaired) electrons. The number of nitro benzene ring substituents is 1. The molecule has 160 valence electrons. The number of H-pyrrole nitrogens is 1. The van der Waals surface area contributed by atoms with Crippen LogP contribution in [0, 0.1) is 24.0 Å². The van der Waals surface area contributed by atoms with Gasteiger partial charge in [-0.25, -0.2) is 0 Å². The van der Waals surface area contributed by atoms with Gasteiger partial charge in [-0.05, 0) is 60.7 Å². The molecule has 4 rings (SSSR count). The molecule has 0 aliphatic rings. The van der Waals surface area contributed by atoms with Crippen LogP contribution in [0.2, 0.25) is 0 Å². The molecular formula is C25H21N3O4. The van der Waals surface area contributed by atoms with E-state index in [0.717, 1.165) is 22.0 Å². The van der Waals surface area contributed by atoms with E-state index < -0.39 is 4.92 Å². The lowest BCUT2D eigenvalue weighted by Gasteiger charge is -2.25. The minimum Gasteiger partial charge on any atom is -0.322 e. The number of nitro groups is 1. The number of pyridine rings is 1. The maximum Gasteiger partial charge on any atom is 0.269 e. The lowest BCUT2D eigenvalue weighted by molar-refractivity contribution is -0.384. The number of non-ortho nitro benzene ring substituents is 1. The highest BCUT2D eigenvalue weighted by Crippen LogP contribution is 2.26. The molecule has 0 unspecified atom stereocenters. The molecule has 0 aliphatic heterocycles. The summed E-state index contributed by atoms with van der Waals surface area (Å²) >= 11 is 0. The minimum atomic E-state index is -0.509. The number of carbonyl (C=O) groups excluding carboxylic acids is 1. The third-order valence-electron chi connectivity index (χ3n) is 5.38. The number of aromatic amines is 1. The zero-order valence-electron chi connectivity index (χ0n) is 17.7. The van der Waals surface area contributed by atoms with Crippen molar-refractivity contribution >= 4 is 28.2 Å². The predicted molar refractivity (Wildman–Crippen MR) is 124 cm³/mol. The highest BCUT2D eigenvalue weighted by molar-refractivity contribution is 6.06. The SMILES string of the molecule is Cc1ccc(C)c(N(Cc2cc3ccccc3[nH]c2=O)C(=O)c2ccc([N+](=O)[O-])cc2)c1. The number of nitrogens with one attached hydrogen (secondary N) is 1. The van der Waals surface area contributed by atoms with Gasteiger partial charge in [0, 0.05) is 34.5 Å². The Labute approximate surface area is 184 Å². The Kier molecular flexibility index (Phi) is 5.55. The van der Waals surface area contributed by atoms with E-state index in [1.807, 2.05) is 56.3 Å². The Morgan fingerprint density at radius 3 is 2.44 bits per heavy atom. The first kappa shape index (κ1) is 21.0. The van der Waals surface area contributed by atoms with Gasteiger partial charge in [-0.2, -0.15) is 0 Å². The lowest BCUT2D eigenvalue weighted by atomic mass is 10.1. The summed E-state index contributed by atoms with van der Waals surface area (Å²) in [5.74, 6) is -0.346. The monoisotopic (exact) mass is 427 g/mol. The van der Waals surface area contributed by atoms with E-state index in [-0.39, 0.29) is 23.7 Å². The summed E-state index contributed by atoms with van der Waals surface area (Å²) in [4.78, 5) is 41.2. The molecule has 1 aromatic heterocycles. The molecule has 4 aromatic rings. The maximum absolute atomic E-state index is 13.5.